The van der Waals surface area contributed by atoms with Crippen LogP contribution in [-0.4, -0.2) is 50.5 Å². The molecule has 4 heteroatoms. The first-order valence-corrected chi connectivity index (χ1v) is 6.39. The summed E-state index contributed by atoms with van der Waals surface area (Å²) in [6.45, 7) is 4.89. The standard InChI is InChI=1S/C15H24FN3/c1-15(2,12-7-9-13(16)10-8-12)11-17-14(18(3)4)19(5)6/h7-10H,11H2,1-6H3. The van der Waals surface area contributed by atoms with E-state index in [2.05, 4.69) is 18.8 Å². The minimum absolute atomic E-state index is 0.120. The average Bonchev–Trinajstić information content (AvgIpc) is 2.28. The fraction of sp³-hybridized carbons (Fsp3) is 0.533. The van der Waals surface area contributed by atoms with Crippen LogP contribution < -0.4 is 0 Å². The zero-order valence-corrected chi connectivity index (χ0v) is 12.7. The van der Waals surface area contributed by atoms with Gasteiger partial charge in [-0.1, -0.05) is 26.0 Å². The zero-order valence-electron chi connectivity index (χ0n) is 12.7. The van der Waals surface area contributed by atoms with E-state index in [-0.39, 0.29) is 11.2 Å². The van der Waals surface area contributed by atoms with Gasteiger partial charge in [0.05, 0.1) is 6.54 Å². The van der Waals surface area contributed by atoms with Crippen molar-refractivity contribution in [3.8, 4) is 0 Å². The summed E-state index contributed by atoms with van der Waals surface area (Å²) in [5.41, 5.74) is 0.972. The van der Waals surface area contributed by atoms with Crippen LogP contribution in [0.4, 0.5) is 4.39 Å². The number of guanidine groups is 1. The highest BCUT2D eigenvalue weighted by Gasteiger charge is 2.21. The predicted octanol–water partition coefficient (Wildman–Crippen LogP) is 2.58. The summed E-state index contributed by atoms with van der Waals surface area (Å²) in [7, 11) is 7.90. The van der Waals surface area contributed by atoms with Gasteiger partial charge in [0.15, 0.2) is 5.96 Å². The molecule has 1 aromatic rings. The van der Waals surface area contributed by atoms with Gasteiger partial charge in [0.1, 0.15) is 5.82 Å². The van der Waals surface area contributed by atoms with Crippen LogP contribution in [-0.2, 0) is 5.41 Å². The molecule has 0 saturated carbocycles. The second-order valence-corrected chi connectivity index (χ2v) is 5.80. The van der Waals surface area contributed by atoms with E-state index in [0.29, 0.717) is 6.54 Å². The summed E-state index contributed by atoms with van der Waals surface area (Å²) in [6.07, 6.45) is 0. The Bertz CT molecular complexity index is 423. The Kier molecular flexibility index (Phi) is 4.92. The first-order chi connectivity index (χ1) is 8.74. The highest BCUT2D eigenvalue weighted by Crippen LogP contribution is 2.23. The Hall–Kier alpha value is -1.58. The minimum atomic E-state index is -0.203. The summed E-state index contributed by atoms with van der Waals surface area (Å²) in [5.74, 6) is 0.723. The van der Waals surface area contributed by atoms with Gasteiger partial charge in [-0.05, 0) is 17.7 Å². The van der Waals surface area contributed by atoms with Crippen molar-refractivity contribution >= 4 is 5.96 Å². The smallest absolute Gasteiger partial charge is 0.195 e. The van der Waals surface area contributed by atoms with E-state index in [1.165, 1.54) is 12.1 Å². The molecule has 0 aromatic heterocycles. The summed E-state index contributed by atoms with van der Waals surface area (Å²) in [5, 5.41) is 0. The van der Waals surface area contributed by atoms with Crippen molar-refractivity contribution in [1.82, 2.24) is 9.80 Å². The molecule has 0 N–H and O–H groups in total. The van der Waals surface area contributed by atoms with Crippen molar-refractivity contribution in [2.45, 2.75) is 19.3 Å². The molecule has 0 unspecified atom stereocenters. The summed E-state index contributed by atoms with van der Waals surface area (Å²) in [4.78, 5) is 8.64. The molecule has 0 heterocycles. The first-order valence-electron chi connectivity index (χ1n) is 6.39. The molecule has 0 amide bonds. The van der Waals surface area contributed by atoms with Crippen molar-refractivity contribution < 1.29 is 4.39 Å². The third-order valence-corrected chi connectivity index (χ3v) is 3.04. The minimum Gasteiger partial charge on any atom is -0.349 e. The van der Waals surface area contributed by atoms with Crippen LogP contribution in [0.1, 0.15) is 19.4 Å². The van der Waals surface area contributed by atoms with Crippen molar-refractivity contribution in [2.24, 2.45) is 4.99 Å². The van der Waals surface area contributed by atoms with Gasteiger partial charge >= 0.3 is 0 Å². The zero-order chi connectivity index (χ0) is 14.6. The molecule has 106 valence electrons. The first kappa shape index (κ1) is 15.5. The second kappa shape index (κ2) is 6.04. The van der Waals surface area contributed by atoms with Gasteiger partial charge in [-0.15, -0.1) is 0 Å². The van der Waals surface area contributed by atoms with E-state index >= 15 is 0 Å². The number of nitrogens with zero attached hydrogens (tertiary/aromatic N) is 3. The highest BCUT2D eigenvalue weighted by atomic mass is 19.1. The van der Waals surface area contributed by atoms with Gasteiger partial charge in [-0.2, -0.15) is 0 Å². The lowest BCUT2D eigenvalue weighted by Gasteiger charge is -2.27. The fourth-order valence-corrected chi connectivity index (χ4v) is 1.94. The maximum atomic E-state index is 13.0. The number of rotatable bonds is 3. The van der Waals surface area contributed by atoms with Crippen LogP contribution in [0.15, 0.2) is 29.3 Å². The number of benzene rings is 1. The third-order valence-electron chi connectivity index (χ3n) is 3.04. The molecule has 0 aliphatic carbocycles. The van der Waals surface area contributed by atoms with Crippen LogP contribution in [0.2, 0.25) is 0 Å². The second-order valence-electron chi connectivity index (χ2n) is 5.80. The van der Waals surface area contributed by atoms with Crippen LogP contribution >= 0.6 is 0 Å². The van der Waals surface area contributed by atoms with Crippen molar-refractivity contribution in [3.05, 3.63) is 35.6 Å². The number of halogens is 1. The van der Waals surface area contributed by atoms with Gasteiger partial charge in [0.2, 0.25) is 0 Å². The number of aliphatic imine (C=N–C) groups is 1. The molecule has 0 aliphatic rings. The number of hydrogen-bond acceptors (Lipinski definition) is 1. The number of hydrogen-bond donors (Lipinski definition) is 0. The average molecular weight is 265 g/mol. The van der Waals surface area contributed by atoms with Crippen molar-refractivity contribution in [1.29, 1.82) is 0 Å². The molecule has 3 nitrogen and oxygen atoms in total. The Morgan fingerprint density at radius 1 is 1.05 bits per heavy atom. The Morgan fingerprint density at radius 2 is 1.53 bits per heavy atom. The van der Waals surface area contributed by atoms with E-state index in [4.69, 9.17) is 0 Å². The Balaban J connectivity index is 2.90. The SMILES string of the molecule is CN(C)C(=NCC(C)(C)c1ccc(F)cc1)N(C)C. The maximum Gasteiger partial charge on any atom is 0.195 e. The highest BCUT2D eigenvalue weighted by molar-refractivity contribution is 5.79. The molecular formula is C15H24FN3. The van der Waals surface area contributed by atoms with E-state index in [9.17, 15) is 4.39 Å². The molecule has 0 spiro atoms. The summed E-state index contributed by atoms with van der Waals surface area (Å²) in [6, 6.07) is 6.66. The van der Waals surface area contributed by atoms with E-state index in [1.54, 1.807) is 0 Å². The normalized spacial score (nSPS) is 11.1. The topological polar surface area (TPSA) is 18.8 Å². The molecule has 0 bridgehead atoms. The van der Waals surface area contributed by atoms with Gasteiger partial charge in [-0.3, -0.25) is 4.99 Å². The van der Waals surface area contributed by atoms with Crippen molar-refractivity contribution in [2.75, 3.05) is 34.7 Å². The lowest BCUT2D eigenvalue weighted by molar-refractivity contribution is 0.464. The molecule has 0 aliphatic heterocycles. The molecular weight excluding hydrogens is 241 g/mol. The molecule has 0 atom stereocenters. The quantitative estimate of drug-likeness (QED) is 0.618. The van der Waals surface area contributed by atoms with Gasteiger partial charge in [0.25, 0.3) is 0 Å². The Morgan fingerprint density at radius 3 is 1.95 bits per heavy atom. The van der Waals surface area contributed by atoms with E-state index in [0.717, 1.165) is 11.5 Å². The molecule has 0 saturated heterocycles. The van der Waals surface area contributed by atoms with Gasteiger partial charge < -0.3 is 9.80 Å². The van der Waals surface area contributed by atoms with Crippen LogP contribution in [0.3, 0.4) is 0 Å². The maximum absolute atomic E-state index is 13.0. The molecule has 1 rings (SSSR count). The lowest BCUT2D eigenvalue weighted by Crippen LogP contribution is -2.36. The van der Waals surface area contributed by atoms with E-state index < -0.39 is 0 Å². The van der Waals surface area contributed by atoms with Crippen LogP contribution in [0.5, 0.6) is 0 Å². The molecule has 0 radical (unpaired) electrons. The van der Waals surface area contributed by atoms with Crippen LogP contribution in [0, 0.1) is 5.82 Å². The van der Waals surface area contributed by atoms with Gasteiger partial charge in [-0.25, -0.2) is 4.39 Å². The summed E-state index contributed by atoms with van der Waals surface area (Å²) < 4.78 is 13.0. The van der Waals surface area contributed by atoms with Crippen LogP contribution in [0.25, 0.3) is 0 Å². The fourth-order valence-electron chi connectivity index (χ4n) is 1.94. The van der Waals surface area contributed by atoms with Crippen molar-refractivity contribution in [3.63, 3.8) is 0 Å². The predicted molar refractivity (Wildman–Crippen MR) is 79.1 cm³/mol. The summed E-state index contributed by atoms with van der Waals surface area (Å²) >= 11 is 0. The third kappa shape index (κ3) is 4.23. The monoisotopic (exact) mass is 265 g/mol. The Labute approximate surface area is 115 Å². The molecule has 0 fully saturated rings. The largest absolute Gasteiger partial charge is 0.349 e. The van der Waals surface area contributed by atoms with E-state index in [1.807, 2.05) is 50.1 Å². The lowest BCUT2D eigenvalue weighted by atomic mass is 9.85. The van der Waals surface area contributed by atoms with Gasteiger partial charge in [0, 0.05) is 33.6 Å². The molecule has 19 heavy (non-hydrogen) atoms. The molecule has 1 aromatic carbocycles.